The molecule has 1 aliphatic carbocycles. The topological polar surface area (TPSA) is 91.0 Å². The van der Waals surface area contributed by atoms with Crippen molar-refractivity contribution in [3.8, 4) is 0 Å². The van der Waals surface area contributed by atoms with Gasteiger partial charge in [-0.3, -0.25) is 14.4 Å². The average molecular weight is 569 g/mol. The summed E-state index contributed by atoms with van der Waals surface area (Å²) in [6, 6.07) is 7.03. The van der Waals surface area contributed by atoms with Crippen LogP contribution in [0.15, 0.2) is 41.3 Å². The van der Waals surface area contributed by atoms with E-state index in [1.54, 1.807) is 16.7 Å². The molecule has 8 nitrogen and oxygen atoms in total. The number of nitrogens with one attached hydrogen (secondary N) is 2. The monoisotopic (exact) mass is 568 g/mol. The lowest BCUT2D eigenvalue weighted by Crippen LogP contribution is -2.57. The summed E-state index contributed by atoms with van der Waals surface area (Å²) in [5, 5.41) is 6.31. The highest BCUT2D eigenvalue weighted by molar-refractivity contribution is 7.98. The van der Waals surface area contributed by atoms with E-state index in [0.29, 0.717) is 18.8 Å². The molecule has 2 N–H and O–H groups in total. The fraction of sp³-hybridized carbons (Fsp3) is 0.645. The molecule has 0 radical (unpaired) electrons. The lowest BCUT2D eigenvalue weighted by Gasteiger charge is -2.35. The summed E-state index contributed by atoms with van der Waals surface area (Å²) in [5.74, 6) is -1.95. The molecule has 1 saturated carbocycles. The smallest absolute Gasteiger partial charge is 0.246 e. The number of anilines is 1. The van der Waals surface area contributed by atoms with Gasteiger partial charge in [0, 0.05) is 29.7 Å². The largest absolute Gasteiger partial charge is 0.359 e. The number of amides is 3. The second kappa shape index (κ2) is 12.7. The van der Waals surface area contributed by atoms with E-state index in [0.717, 1.165) is 56.5 Å². The van der Waals surface area contributed by atoms with E-state index in [1.807, 2.05) is 42.7 Å². The second-order valence-corrected chi connectivity index (χ2v) is 12.5. The summed E-state index contributed by atoms with van der Waals surface area (Å²) in [7, 11) is 0. The van der Waals surface area contributed by atoms with Gasteiger partial charge in [-0.1, -0.05) is 51.3 Å². The van der Waals surface area contributed by atoms with Crippen molar-refractivity contribution in [2.75, 3.05) is 37.8 Å². The van der Waals surface area contributed by atoms with Crippen LogP contribution in [-0.4, -0.2) is 83.7 Å². The zero-order chi connectivity index (χ0) is 28.3. The number of rotatable bonds is 12. The Labute approximate surface area is 242 Å². The summed E-state index contributed by atoms with van der Waals surface area (Å²) in [4.78, 5) is 47.0. The van der Waals surface area contributed by atoms with Crippen molar-refractivity contribution >= 4 is 35.2 Å². The fourth-order valence-electron chi connectivity index (χ4n) is 7.18. The molecule has 5 atom stereocenters. The van der Waals surface area contributed by atoms with Crippen LogP contribution in [0.25, 0.3) is 0 Å². The molecule has 4 aliphatic rings. The van der Waals surface area contributed by atoms with Crippen LogP contribution in [0.1, 0.15) is 58.8 Å². The molecule has 218 valence electrons. The minimum Gasteiger partial charge on any atom is -0.359 e. The van der Waals surface area contributed by atoms with E-state index in [2.05, 4.69) is 29.4 Å². The predicted molar refractivity (Wildman–Crippen MR) is 158 cm³/mol. The van der Waals surface area contributed by atoms with Gasteiger partial charge in [-0.05, 0) is 63.2 Å². The molecule has 0 aromatic heterocycles. The van der Waals surface area contributed by atoms with Gasteiger partial charge in [0.2, 0.25) is 17.7 Å². The van der Waals surface area contributed by atoms with E-state index < -0.39 is 29.6 Å². The minimum atomic E-state index is -1.12. The Balaban J connectivity index is 1.41. The van der Waals surface area contributed by atoms with Gasteiger partial charge in [0.1, 0.15) is 11.6 Å². The van der Waals surface area contributed by atoms with Crippen molar-refractivity contribution in [1.82, 2.24) is 15.1 Å². The highest BCUT2D eigenvalue weighted by atomic mass is 32.2. The Morgan fingerprint density at radius 3 is 2.55 bits per heavy atom. The molecular formula is C31H44N4O4S. The molecule has 3 amide bonds. The van der Waals surface area contributed by atoms with Gasteiger partial charge in [0.05, 0.1) is 17.9 Å². The van der Waals surface area contributed by atoms with E-state index >= 15 is 0 Å². The third kappa shape index (κ3) is 5.57. The highest BCUT2D eigenvalue weighted by Gasteiger charge is 2.72. The zero-order valence-corrected chi connectivity index (χ0v) is 24.9. The molecule has 3 aliphatic heterocycles. The number of nitrogens with zero attached hydrogens (tertiary/aromatic N) is 2. The van der Waals surface area contributed by atoms with E-state index in [4.69, 9.17) is 4.74 Å². The number of ether oxygens (including phenoxy) is 1. The van der Waals surface area contributed by atoms with Gasteiger partial charge in [-0.25, -0.2) is 0 Å². The Morgan fingerprint density at radius 2 is 1.85 bits per heavy atom. The van der Waals surface area contributed by atoms with Gasteiger partial charge in [0.15, 0.2) is 0 Å². The zero-order valence-electron chi connectivity index (χ0n) is 24.1. The van der Waals surface area contributed by atoms with Crippen LogP contribution >= 0.6 is 11.8 Å². The standard InChI is InChI=1S/C31H44N4O4S/c1-4-16-34(17-5-2)18-19-35-27(29(37)32-21-10-7-6-8-11-21)31-15-14-24(39-31)25(26(31)30(35)38)28(36)33-22-12-9-13-23(20-22)40-3/h9,12-15,20-21,24-27H,4-8,10-11,16-19H2,1-3H3,(H,32,37)(H,33,36)/t24-,25?,26-,27?,31?/m0/s1. The number of thioether (sulfide) groups is 1. The van der Waals surface area contributed by atoms with Crippen LogP contribution < -0.4 is 10.6 Å². The third-order valence-electron chi connectivity index (χ3n) is 8.95. The lowest BCUT2D eigenvalue weighted by molar-refractivity contribution is -0.141. The number of fused-ring (bicyclic) bond motifs is 1. The summed E-state index contributed by atoms with van der Waals surface area (Å²) in [5.41, 5.74) is -0.425. The number of carbonyl (C=O) groups is 3. The molecule has 3 heterocycles. The summed E-state index contributed by atoms with van der Waals surface area (Å²) >= 11 is 1.61. The molecular weight excluding hydrogens is 524 g/mol. The van der Waals surface area contributed by atoms with Crippen molar-refractivity contribution in [2.45, 2.75) is 87.5 Å². The van der Waals surface area contributed by atoms with Crippen molar-refractivity contribution in [3.05, 3.63) is 36.4 Å². The Hall–Kier alpha value is -2.36. The average Bonchev–Trinajstić information content (AvgIpc) is 3.60. The molecule has 1 aromatic rings. The summed E-state index contributed by atoms with van der Waals surface area (Å²) in [6.45, 7) is 7.33. The van der Waals surface area contributed by atoms with Crippen LogP contribution in [0.2, 0.25) is 0 Å². The molecule has 40 heavy (non-hydrogen) atoms. The normalized spacial score (nSPS) is 29.3. The van der Waals surface area contributed by atoms with Gasteiger partial charge in [-0.15, -0.1) is 11.8 Å². The Morgan fingerprint density at radius 1 is 1.10 bits per heavy atom. The molecule has 1 spiro atoms. The third-order valence-corrected chi connectivity index (χ3v) is 9.68. The Kier molecular flexibility index (Phi) is 9.22. The first-order valence-corrected chi connectivity index (χ1v) is 16.3. The fourth-order valence-corrected chi connectivity index (χ4v) is 7.64. The van der Waals surface area contributed by atoms with Crippen molar-refractivity contribution in [1.29, 1.82) is 0 Å². The van der Waals surface area contributed by atoms with Crippen LogP contribution in [-0.2, 0) is 19.1 Å². The predicted octanol–water partition coefficient (Wildman–Crippen LogP) is 4.07. The molecule has 9 heteroatoms. The SMILES string of the molecule is CCCN(CCC)CCN1C(=O)[C@@H]2C(C(=O)Nc3cccc(SC)c3)[C@@H]3C=CC2(O3)C1C(=O)NC1CCCCC1. The highest BCUT2D eigenvalue weighted by Crippen LogP contribution is 2.55. The number of carbonyl (C=O) groups excluding carboxylic acids is 3. The number of hydrogen-bond donors (Lipinski definition) is 2. The van der Waals surface area contributed by atoms with Gasteiger partial charge >= 0.3 is 0 Å². The quantitative estimate of drug-likeness (QED) is 0.292. The lowest BCUT2D eigenvalue weighted by atomic mass is 9.74. The van der Waals surface area contributed by atoms with Crippen molar-refractivity contribution < 1.29 is 19.1 Å². The number of hydrogen-bond acceptors (Lipinski definition) is 6. The molecule has 3 unspecified atom stereocenters. The van der Waals surface area contributed by atoms with Crippen LogP contribution in [0.5, 0.6) is 0 Å². The molecule has 3 fully saturated rings. The van der Waals surface area contributed by atoms with Crippen LogP contribution in [0, 0.1) is 11.8 Å². The van der Waals surface area contributed by atoms with Gasteiger partial charge in [-0.2, -0.15) is 0 Å². The maximum absolute atomic E-state index is 14.2. The molecule has 2 bridgehead atoms. The van der Waals surface area contributed by atoms with Gasteiger partial charge < -0.3 is 25.2 Å². The first-order valence-electron chi connectivity index (χ1n) is 15.1. The Bertz CT molecular complexity index is 1120. The molecule has 5 rings (SSSR count). The maximum Gasteiger partial charge on any atom is 0.246 e. The first kappa shape index (κ1) is 29.1. The van der Waals surface area contributed by atoms with Crippen molar-refractivity contribution in [2.24, 2.45) is 11.8 Å². The molecule has 2 saturated heterocycles. The van der Waals surface area contributed by atoms with Crippen LogP contribution in [0.4, 0.5) is 5.69 Å². The van der Waals surface area contributed by atoms with Crippen LogP contribution in [0.3, 0.4) is 0 Å². The van der Waals surface area contributed by atoms with E-state index in [-0.39, 0.29) is 23.8 Å². The summed E-state index contributed by atoms with van der Waals surface area (Å²) in [6.07, 6.45) is 12.6. The van der Waals surface area contributed by atoms with E-state index in [1.165, 1.54) is 6.42 Å². The maximum atomic E-state index is 14.2. The van der Waals surface area contributed by atoms with Gasteiger partial charge in [0.25, 0.3) is 0 Å². The van der Waals surface area contributed by atoms with E-state index in [9.17, 15) is 14.4 Å². The molecule has 1 aromatic carbocycles. The second-order valence-electron chi connectivity index (χ2n) is 11.6. The number of benzene rings is 1. The first-order chi connectivity index (χ1) is 19.4. The van der Waals surface area contributed by atoms with Crippen molar-refractivity contribution in [3.63, 3.8) is 0 Å². The summed E-state index contributed by atoms with van der Waals surface area (Å²) < 4.78 is 6.51. The number of likely N-dealkylation sites (tertiary alicyclic amines) is 1. The minimum absolute atomic E-state index is 0.121.